The maximum Gasteiger partial charge on any atom is 0.130 e. The standard InChI is InChI=1S/C16H18N2/c1-18(2)16(15-11-7-4-8-12-15)17-13-14-9-5-3-6-10-14/h3-12H,13H2,1-2H3. The van der Waals surface area contributed by atoms with Crippen molar-refractivity contribution in [3.63, 3.8) is 0 Å². The first-order valence-corrected chi connectivity index (χ1v) is 6.08. The Morgan fingerprint density at radius 1 is 0.889 bits per heavy atom. The zero-order chi connectivity index (χ0) is 12.8. The maximum absolute atomic E-state index is 4.71. The average molecular weight is 238 g/mol. The average Bonchev–Trinajstić information content (AvgIpc) is 2.41. The zero-order valence-electron chi connectivity index (χ0n) is 10.9. The molecular formula is C16H18N2. The van der Waals surface area contributed by atoms with Gasteiger partial charge in [-0.25, -0.2) is 0 Å². The Kier molecular flexibility index (Phi) is 4.13. The Morgan fingerprint density at radius 2 is 1.44 bits per heavy atom. The van der Waals surface area contributed by atoms with Gasteiger partial charge in [0, 0.05) is 19.7 Å². The fourth-order valence-corrected chi connectivity index (χ4v) is 1.83. The van der Waals surface area contributed by atoms with Crippen LogP contribution in [0.4, 0.5) is 0 Å². The molecule has 0 atom stereocenters. The fourth-order valence-electron chi connectivity index (χ4n) is 1.83. The molecule has 0 aliphatic rings. The molecule has 92 valence electrons. The number of amidine groups is 1. The molecule has 0 radical (unpaired) electrons. The summed E-state index contributed by atoms with van der Waals surface area (Å²) in [5.41, 5.74) is 2.38. The molecular weight excluding hydrogens is 220 g/mol. The van der Waals surface area contributed by atoms with Crippen LogP contribution in [0.15, 0.2) is 65.7 Å². The molecule has 0 aromatic heterocycles. The number of hydrogen-bond donors (Lipinski definition) is 0. The van der Waals surface area contributed by atoms with Crippen LogP contribution >= 0.6 is 0 Å². The van der Waals surface area contributed by atoms with E-state index in [-0.39, 0.29) is 0 Å². The van der Waals surface area contributed by atoms with E-state index >= 15 is 0 Å². The molecule has 0 saturated heterocycles. The van der Waals surface area contributed by atoms with Crippen molar-refractivity contribution in [1.29, 1.82) is 0 Å². The third-order valence-corrected chi connectivity index (χ3v) is 2.71. The SMILES string of the molecule is CN(C)C(=NCc1ccccc1)c1ccccc1. The molecule has 2 heteroatoms. The lowest BCUT2D eigenvalue weighted by molar-refractivity contribution is 0.619. The number of rotatable bonds is 3. The Labute approximate surface area is 109 Å². The zero-order valence-corrected chi connectivity index (χ0v) is 10.9. The van der Waals surface area contributed by atoms with E-state index in [1.165, 1.54) is 5.56 Å². The van der Waals surface area contributed by atoms with Crippen LogP contribution in [0, 0.1) is 0 Å². The first kappa shape index (κ1) is 12.4. The lowest BCUT2D eigenvalue weighted by Gasteiger charge is -2.16. The maximum atomic E-state index is 4.71. The minimum Gasteiger partial charge on any atom is -0.363 e. The molecule has 0 N–H and O–H groups in total. The van der Waals surface area contributed by atoms with Crippen LogP contribution in [0.3, 0.4) is 0 Å². The largest absolute Gasteiger partial charge is 0.363 e. The van der Waals surface area contributed by atoms with Crippen molar-refractivity contribution in [3.8, 4) is 0 Å². The van der Waals surface area contributed by atoms with Gasteiger partial charge in [-0.2, -0.15) is 0 Å². The third kappa shape index (κ3) is 3.20. The third-order valence-electron chi connectivity index (χ3n) is 2.71. The lowest BCUT2D eigenvalue weighted by Crippen LogP contribution is -2.23. The molecule has 0 spiro atoms. The number of benzene rings is 2. The predicted molar refractivity (Wildman–Crippen MR) is 76.8 cm³/mol. The van der Waals surface area contributed by atoms with Gasteiger partial charge in [0.1, 0.15) is 5.84 Å². The van der Waals surface area contributed by atoms with Crippen molar-refractivity contribution >= 4 is 5.84 Å². The van der Waals surface area contributed by atoms with Crippen LogP contribution in [0.1, 0.15) is 11.1 Å². The van der Waals surface area contributed by atoms with E-state index in [0.717, 1.165) is 11.4 Å². The van der Waals surface area contributed by atoms with Gasteiger partial charge in [-0.15, -0.1) is 0 Å². The molecule has 0 unspecified atom stereocenters. The van der Waals surface area contributed by atoms with E-state index in [1.807, 2.05) is 50.5 Å². The highest BCUT2D eigenvalue weighted by molar-refractivity contribution is 5.98. The second kappa shape index (κ2) is 6.01. The van der Waals surface area contributed by atoms with Gasteiger partial charge in [-0.05, 0) is 5.56 Å². The summed E-state index contributed by atoms with van der Waals surface area (Å²) in [5, 5.41) is 0. The van der Waals surface area contributed by atoms with E-state index < -0.39 is 0 Å². The van der Waals surface area contributed by atoms with Gasteiger partial charge in [-0.3, -0.25) is 4.99 Å². The summed E-state index contributed by atoms with van der Waals surface area (Å²) < 4.78 is 0. The minimum absolute atomic E-state index is 0.712. The van der Waals surface area contributed by atoms with Crippen molar-refractivity contribution < 1.29 is 0 Å². The highest BCUT2D eigenvalue weighted by atomic mass is 15.1. The Balaban J connectivity index is 2.21. The number of nitrogens with zero attached hydrogens (tertiary/aromatic N) is 2. The van der Waals surface area contributed by atoms with Crippen molar-refractivity contribution in [2.24, 2.45) is 4.99 Å². The molecule has 0 fully saturated rings. The van der Waals surface area contributed by atoms with Gasteiger partial charge in [-0.1, -0.05) is 60.7 Å². The van der Waals surface area contributed by atoms with E-state index in [1.54, 1.807) is 0 Å². The van der Waals surface area contributed by atoms with Crippen LogP contribution in [0.25, 0.3) is 0 Å². The highest BCUT2D eigenvalue weighted by Gasteiger charge is 2.04. The van der Waals surface area contributed by atoms with Gasteiger partial charge in [0.05, 0.1) is 6.54 Å². The van der Waals surface area contributed by atoms with Crippen LogP contribution in [-0.2, 0) is 6.54 Å². The van der Waals surface area contributed by atoms with Gasteiger partial charge < -0.3 is 4.90 Å². The molecule has 0 aliphatic heterocycles. The van der Waals surface area contributed by atoms with Crippen LogP contribution in [0.5, 0.6) is 0 Å². The first-order chi connectivity index (χ1) is 8.77. The summed E-state index contributed by atoms with van der Waals surface area (Å²) in [6.45, 7) is 0.712. The second-order valence-electron chi connectivity index (χ2n) is 4.39. The van der Waals surface area contributed by atoms with Crippen molar-refractivity contribution in [2.75, 3.05) is 14.1 Å². The summed E-state index contributed by atoms with van der Waals surface area (Å²) in [4.78, 5) is 6.76. The molecule has 0 aliphatic carbocycles. The Bertz CT molecular complexity index is 501. The highest BCUT2D eigenvalue weighted by Crippen LogP contribution is 2.06. The van der Waals surface area contributed by atoms with E-state index in [9.17, 15) is 0 Å². The van der Waals surface area contributed by atoms with Gasteiger partial charge in [0.25, 0.3) is 0 Å². The Hall–Kier alpha value is -2.09. The number of hydrogen-bond acceptors (Lipinski definition) is 1. The summed E-state index contributed by atoms with van der Waals surface area (Å²) >= 11 is 0. The molecule has 0 amide bonds. The van der Waals surface area contributed by atoms with Gasteiger partial charge in [0.15, 0.2) is 0 Å². The smallest absolute Gasteiger partial charge is 0.130 e. The molecule has 2 rings (SSSR count). The summed E-state index contributed by atoms with van der Waals surface area (Å²) in [5.74, 6) is 1.01. The fraction of sp³-hybridized carbons (Fsp3) is 0.188. The van der Waals surface area contributed by atoms with Crippen LogP contribution in [-0.4, -0.2) is 24.8 Å². The van der Waals surface area contributed by atoms with Crippen molar-refractivity contribution in [3.05, 3.63) is 71.8 Å². The van der Waals surface area contributed by atoms with Crippen molar-refractivity contribution in [2.45, 2.75) is 6.54 Å². The predicted octanol–water partition coefficient (Wildman–Crippen LogP) is 3.20. The second-order valence-corrected chi connectivity index (χ2v) is 4.39. The van der Waals surface area contributed by atoms with Gasteiger partial charge >= 0.3 is 0 Å². The quantitative estimate of drug-likeness (QED) is 0.592. The molecule has 0 heterocycles. The molecule has 18 heavy (non-hydrogen) atoms. The molecule has 0 saturated carbocycles. The number of aliphatic imine (C=N–C) groups is 1. The molecule has 0 bridgehead atoms. The first-order valence-electron chi connectivity index (χ1n) is 6.08. The van der Waals surface area contributed by atoms with Crippen LogP contribution in [0.2, 0.25) is 0 Å². The van der Waals surface area contributed by atoms with Crippen molar-refractivity contribution in [1.82, 2.24) is 4.90 Å². The monoisotopic (exact) mass is 238 g/mol. The van der Waals surface area contributed by atoms with E-state index in [4.69, 9.17) is 4.99 Å². The Morgan fingerprint density at radius 3 is 2.00 bits per heavy atom. The topological polar surface area (TPSA) is 15.6 Å². The normalized spacial score (nSPS) is 11.3. The van der Waals surface area contributed by atoms with Crippen LogP contribution < -0.4 is 0 Å². The summed E-state index contributed by atoms with van der Waals surface area (Å²) in [6.07, 6.45) is 0. The van der Waals surface area contributed by atoms with Gasteiger partial charge in [0.2, 0.25) is 0 Å². The summed E-state index contributed by atoms with van der Waals surface area (Å²) in [6, 6.07) is 20.6. The van der Waals surface area contributed by atoms with E-state index in [0.29, 0.717) is 6.54 Å². The molecule has 2 aromatic rings. The minimum atomic E-state index is 0.712. The molecule has 2 nitrogen and oxygen atoms in total. The summed E-state index contributed by atoms with van der Waals surface area (Å²) in [7, 11) is 4.05. The molecule has 2 aromatic carbocycles. The van der Waals surface area contributed by atoms with E-state index in [2.05, 4.69) is 29.2 Å². The lowest BCUT2D eigenvalue weighted by atomic mass is 10.2.